The Morgan fingerprint density at radius 3 is 2.17 bits per heavy atom. The molecule has 0 unspecified atom stereocenters. The van der Waals surface area contributed by atoms with Crippen molar-refractivity contribution in [1.29, 1.82) is 0 Å². The van der Waals surface area contributed by atoms with Gasteiger partial charge < -0.3 is 4.18 Å². The van der Waals surface area contributed by atoms with Gasteiger partial charge in [-0.15, -0.1) is 3.63 Å². The topological polar surface area (TPSA) is 141 Å². The summed E-state index contributed by atoms with van der Waals surface area (Å²) < 4.78 is 88.4. The highest BCUT2D eigenvalue weighted by Crippen LogP contribution is 2.44. The van der Waals surface area contributed by atoms with E-state index in [0.717, 1.165) is 6.92 Å². The quantitative estimate of drug-likeness (QED) is 0.709. The lowest BCUT2D eigenvalue weighted by Crippen LogP contribution is -2.26. The molecule has 0 radical (unpaired) electrons. The number of rotatable bonds is 1. The van der Waals surface area contributed by atoms with Crippen LogP contribution in [-0.4, -0.2) is 29.8 Å². The van der Waals surface area contributed by atoms with Crippen LogP contribution in [0.2, 0.25) is 0 Å². The number of hydrogen-bond acceptors (Lipinski definition) is 8. The summed E-state index contributed by atoms with van der Waals surface area (Å²) in [5, 5.41) is -0.199. The fourth-order valence-corrected chi connectivity index (χ4v) is 6.01. The van der Waals surface area contributed by atoms with Crippen molar-refractivity contribution in [3.63, 3.8) is 0 Å². The lowest BCUT2D eigenvalue weighted by atomic mass is 10.1. The summed E-state index contributed by atoms with van der Waals surface area (Å²) in [6, 6.07) is 5.40. The minimum Gasteiger partial charge on any atom is -0.359 e. The summed E-state index contributed by atoms with van der Waals surface area (Å²) in [5.74, 6) is -0.572. The zero-order valence-corrected chi connectivity index (χ0v) is 13.7. The van der Waals surface area contributed by atoms with E-state index in [-0.39, 0.29) is 10.8 Å². The smallest absolute Gasteiger partial charge is 0.359 e. The second-order valence-electron chi connectivity index (χ2n) is 4.65. The molecule has 2 aromatic carbocycles. The zero-order chi connectivity index (χ0) is 17.2. The first-order valence-corrected chi connectivity index (χ1v) is 10.1. The van der Waals surface area contributed by atoms with Gasteiger partial charge in [0.05, 0.1) is 0 Å². The molecular weight excluding hydrogens is 372 g/mol. The second-order valence-corrected chi connectivity index (χ2v) is 8.85. The van der Waals surface area contributed by atoms with Crippen LogP contribution >= 0.6 is 0 Å². The van der Waals surface area contributed by atoms with E-state index >= 15 is 0 Å². The standard InChI is InChI=1S/C11H8O9S3/c1-6-10(21(12,13)14)8-5-3-2-4-7(8)9-11(6)22(15,16)20-23(17,18)19-9/h2-5H,1H3,(H,12,13,14). The molecule has 0 aromatic heterocycles. The van der Waals surface area contributed by atoms with Crippen molar-refractivity contribution >= 4 is 41.4 Å². The van der Waals surface area contributed by atoms with Crippen LogP contribution in [0.4, 0.5) is 0 Å². The molecular formula is C11H8O9S3. The van der Waals surface area contributed by atoms with Crippen LogP contribution in [0.3, 0.4) is 0 Å². The number of fused-ring (bicyclic) bond motifs is 3. The fraction of sp³-hybridized carbons (Fsp3) is 0.0909. The van der Waals surface area contributed by atoms with Crippen molar-refractivity contribution in [2.45, 2.75) is 16.7 Å². The van der Waals surface area contributed by atoms with Crippen LogP contribution in [0.1, 0.15) is 5.56 Å². The van der Waals surface area contributed by atoms with Gasteiger partial charge in [-0.2, -0.15) is 25.3 Å². The maximum atomic E-state index is 12.1. The molecule has 0 fully saturated rings. The van der Waals surface area contributed by atoms with E-state index in [2.05, 4.69) is 7.81 Å². The van der Waals surface area contributed by atoms with Crippen LogP contribution in [0.15, 0.2) is 34.1 Å². The Kier molecular flexibility index (Phi) is 3.26. The Morgan fingerprint density at radius 1 is 1.04 bits per heavy atom. The molecule has 1 aliphatic rings. The van der Waals surface area contributed by atoms with E-state index in [1.165, 1.54) is 24.3 Å². The normalized spacial score (nSPS) is 19.0. The average Bonchev–Trinajstić information content (AvgIpc) is 2.33. The minimum absolute atomic E-state index is 0.0847. The average molecular weight is 380 g/mol. The molecule has 1 heterocycles. The molecule has 23 heavy (non-hydrogen) atoms. The first-order chi connectivity index (χ1) is 10.4. The third kappa shape index (κ3) is 2.48. The molecule has 1 N–H and O–H groups in total. The van der Waals surface area contributed by atoms with E-state index in [1.54, 1.807) is 0 Å². The molecule has 9 nitrogen and oxygen atoms in total. The lowest BCUT2D eigenvalue weighted by molar-refractivity contribution is 0.370. The molecule has 0 amide bonds. The summed E-state index contributed by atoms with van der Waals surface area (Å²) >= 11 is 0. The van der Waals surface area contributed by atoms with Crippen molar-refractivity contribution < 1.29 is 37.6 Å². The van der Waals surface area contributed by atoms with Crippen LogP contribution in [0.5, 0.6) is 5.75 Å². The van der Waals surface area contributed by atoms with Crippen LogP contribution < -0.4 is 4.18 Å². The molecule has 0 saturated heterocycles. The molecule has 0 saturated carbocycles. The SMILES string of the molecule is Cc1c2c(c3ccccc3c1S(=O)(=O)O)OS(=O)(=O)OS2(=O)=O. The molecule has 12 heteroatoms. The summed E-state index contributed by atoms with van der Waals surface area (Å²) in [6.45, 7) is 1.09. The van der Waals surface area contributed by atoms with Gasteiger partial charge in [0.15, 0.2) is 5.75 Å². The predicted molar refractivity (Wildman–Crippen MR) is 76.3 cm³/mol. The van der Waals surface area contributed by atoms with Gasteiger partial charge in [0.25, 0.3) is 10.1 Å². The molecule has 1 aliphatic heterocycles. The maximum absolute atomic E-state index is 12.1. The van der Waals surface area contributed by atoms with Gasteiger partial charge in [-0.1, -0.05) is 24.3 Å². The van der Waals surface area contributed by atoms with E-state index in [4.69, 9.17) is 0 Å². The summed E-state index contributed by atoms with van der Waals surface area (Å²) in [7, 11) is -14.5. The molecule has 124 valence electrons. The first kappa shape index (κ1) is 16.1. The van der Waals surface area contributed by atoms with Gasteiger partial charge in [0, 0.05) is 10.8 Å². The maximum Gasteiger partial charge on any atom is 0.464 e. The summed E-state index contributed by atoms with van der Waals surface area (Å²) in [6.07, 6.45) is 0. The van der Waals surface area contributed by atoms with Gasteiger partial charge >= 0.3 is 20.5 Å². The van der Waals surface area contributed by atoms with E-state index in [0.29, 0.717) is 0 Å². The number of hydrogen-bond donors (Lipinski definition) is 1. The van der Waals surface area contributed by atoms with Crippen molar-refractivity contribution in [1.82, 2.24) is 0 Å². The highest BCUT2D eigenvalue weighted by atomic mass is 32.3. The van der Waals surface area contributed by atoms with Gasteiger partial charge in [-0.3, -0.25) is 4.55 Å². The van der Waals surface area contributed by atoms with Gasteiger partial charge in [-0.25, -0.2) is 0 Å². The Bertz CT molecular complexity index is 1160. The molecule has 0 spiro atoms. The summed E-state index contributed by atoms with van der Waals surface area (Å²) in [5.41, 5.74) is -0.406. The fourth-order valence-electron chi connectivity index (χ4n) is 2.45. The van der Waals surface area contributed by atoms with Crippen LogP contribution in [-0.2, 0) is 34.3 Å². The Labute approximate surface area is 131 Å². The predicted octanol–water partition coefficient (Wildman–Crippen LogP) is 0.737. The van der Waals surface area contributed by atoms with Crippen molar-refractivity contribution in [2.24, 2.45) is 0 Å². The third-order valence-corrected chi connectivity index (χ3v) is 6.96. The van der Waals surface area contributed by atoms with Crippen LogP contribution in [0, 0.1) is 6.92 Å². The first-order valence-electron chi connectivity index (χ1n) is 5.87. The van der Waals surface area contributed by atoms with Crippen molar-refractivity contribution in [3.05, 3.63) is 29.8 Å². The Balaban J connectivity index is 2.67. The molecule has 3 rings (SSSR count). The highest BCUT2D eigenvalue weighted by Gasteiger charge is 2.41. The monoisotopic (exact) mass is 380 g/mol. The van der Waals surface area contributed by atoms with E-state index < -0.39 is 51.7 Å². The molecule has 0 aliphatic carbocycles. The van der Waals surface area contributed by atoms with Gasteiger partial charge in [0.1, 0.15) is 9.79 Å². The van der Waals surface area contributed by atoms with Crippen LogP contribution in [0.25, 0.3) is 10.8 Å². The zero-order valence-electron chi connectivity index (χ0n) is 11.2. The van der Waals surface area contributed by atoms with E-state index in [1.807, 2.05) is 0 Å². The Morgan fingerprint density at radius 2 is 1.61 bits per heavy atom. The third-order valence-electron chi connectivity index (χ3n) is 3.17. The Hall–Kier alpha value is -1.73. The molecule has 0 atom stereocenters. The minimum atomic E-state index is -4.86. The largest absolute Gasteiger partial charge is 0.464 e. The summed E-state index contributed by atoms with van der Waals surface area (Å²) in [4.78, 5) is -1.43. The van der Waals surface area contributed by atoms with Gasteiger partial charge in [0.2, 0.25) is 0 Å². The molecule has 0 bridgehead atoms. The van der Waals surface area contributed by atoms with Crippen molar-refractivity contribution in [3.8, 4) is 5.75 Å². The molecule has 2 aromatic rings. The highest BCUT2D eigenvalue weighted by molar-refractivity contribution is 7.98. The lowest BCUT2D eigenvalue weighted by Gasteiger charge is -2.21. The van der Waals surface area contributed by atoms with Crippen molar-refractivity contribution in [2.75, 3.05) is 0 Å². The van der Waals surface area contributed by atoms with E-state index in [9.17, 15) is 29.8 Å². The van der Waals surface area contributed by atoms with Gasteiger partial charge in [-0.05, 0) is 12.5 Å². The number of benzene rings is 2. The second kappa shape index (κ2) is 4.64.